The SMILES string of the molecule is Cc1cc(=O)c(C(=O)NCc2c(F)cc(N3CC[C@@H](F)C3)cc2F)nn1-c1ccccc1. The Bertz CT molecular complexity index is 1190. The smallest absolute Gasteiger partial charge is 0.276 e. The number of rotatable bonds is 5. The maximum absolute atomic E-state index is 14.5. The Labute approximate surface area is 182 Å². The number of nitrogens with zero attached hydrogens (tertiary/aromatic N) is 3. The number of carbonyl (C=O) groups excluding carboxylic acids is 1. The number of aromatic nitrogens is 2. The van der Waals surface area contributed by atoms with Crippen molar-refractivity contribution in [3.63, 3.8) is 0 Å². The molecule has 6 nitrogen and oxygen atoms in total. The average Bonchev–Trinajstić information content (AvgIpc) is 3.20. The molecule has 0 radical (unpaired) electrons. The predicted octanol–water partition coefficient (Wildman–Crippen LogP) is 3.30. The summed E-state index contributed by atoms with van der Waals surface area (Å²) in [5.74, 6) is -2.57. The molecule has 1 saturated heterocycles. The van der Waals surface area contributed by atoms with Crippen molar-refractivity contribution in [1.29, 1.82) is 0 Å². The van der Waals surface area contributed by atoms with E-state index in [2.05, 4.69) is 10.4 Å². The Morgan fingerprint density at radius 1 is 1.12 bits per heavy atom. The Balaban J connectivity index is 1.54. The maximum Gasteiger partial charge on any atom is 0.276 e. The summed E-state index contributed by atoms with van der Waals surface area (Å²) in [4.78, 5) is 26.5. The third kappa shape index (κ3) is 4.37. The van der Waals surface area contributed by atoms with Crippen LogP contribution in [0.1, 0.15) is 28.2 Å². The standard InChI is InChI=1S/C23H21F3N4O2/c1-14-9-21(31)22(28-30(14)16-5-3-2-4-6-16)23(32)27-12-18-19(25)10-17(11-20(18)26)29-8-7-15(24)13-29/h2-6,9-11,15H,7-8,12-13H2,1H3,(H,27,32)/t15-/m1/s1. The largest absolute Gasteiger partial charge is 0.368 e. The van der Waals surface area contributed by atoms with Gasteiger partial charge in [0.15, 0.2) is 5.69 Å². The van der Waals surface area contributed by atoms with Gasteiger partial charge in [-0.15, -0.1) is 0 Å². The summed E-state index contributed by atoms with van der Waals surface area (Å²) in [7, 11) is 0. The minimum absolute atomic E-state index is 0.0851. The molecule has 0 spiro atoms. The number of alkyl halides is 1. The lowest BCUT2D eigenvalue weighted by atomic mass is 10.1. The molecule has 1 N–H and O–H groups in total. The van der Waals surface area contributed by atoms with Crippen LogP contribution in [0, 0.1) is 18.6 Å². The summed E-state index contributed by atoms with van der Waals surface area (Å²) in [6, 6.07) is 12.5. The van der Waals surface area contributed by atoms with Crippen molar-refractivity contribution in [2.24, 2.45) is 0 Å². The van der Waals surface area contributed by atoms with Crippen LogP contribution in [-0.2, 0) is 6.54 Å². The van der Waals surface area contributed by atoms with Gasteiger partial charge in [-0.1, -0.05) is 18.2 Å². The molecule has 0 aliphatic carbocycles. The van der Waals surface area contributed by atoms with E-state index >= 15 is 0 Å². The summed E-state index contributed by atoms with van der Waals surface area (Å²) in [6.45, 7) is 1.67. The van der Waals surface area contributed by atoms with Crippen molar-refractivity contribution in [2.45, 2.75) is 26.1 Å². The van der Waals surface area contributed by atoms with Crippen molar-refractivity contribution in [1.82, 2.24) is 15.1 Å². The zero-order chi connectivity index (χ0) is 22.8. The number of anilines is 1. The molecule has 2 aromatic carbocycles. The first-order valence-corrected chi connectivity index (χ1v) is 10.1. The van der Waals surface area contributed by atoms with Gasteiger partial charge >= 0.3 is 0 Å². The number of hydrogen-bond donors (Lipinski definition) is 1. The Morgan fingerprint density at radius 3 is 2.44 bits per heavy atom. The minimum Gasteiger partial charge on any atom is -0.368 e. The highest BCUT2D eigenvalue weighted by molar-refractivity contribution is 5.92. The van der Waals surface area contributed by atoms with Gasteiger partial charge in [-0.3, -0.25) is 9.59 Å². The van der Waals surface area contributed by atoms with E-state index in [0.717, 1.165) is 12.1 Å². The minimum atomic E-state index is -1.03. The highest BCUT2D eigenvalue weighted by Gasteiger charge is 2.24. The van der Waals surface area contributed by atoms with Crippen LogP contribution >= 0.6 is 0 Å². The molecule has 1 aliphatic rings. The first kappa shape index (κ1) is 21.6. The van der Waals surface area contributed by atoms with Crippen molar-refractivity contribution in [3.8, 4) is 5.69 Å². The first-order chi connectivity index (χ1) is 15.3. The highest BCUT2D eigenvalue weighted by Crippen LogP contribution is 2.26. The van der Waals surface area contributed by atoms with Crippen molar-refractivity contribution >= 4 is 11.6 Å². The van der Waals surface area contributed by atoms with E-state index < -0.39 is 35.7 Å². The third-order valence-electron chi connectivity index (χ3n) is 5.37. The van der Waals surface area contributed by atoms with E-state index in [1.165, 1.54) is 10.7 Å². The summed E-state index contributed by atoms with van der Waals surface area (Å²) in [5, 5.41) is 6.50. The van der Waals surface area contributed by atoms with Gasteiger partial charge in [0.1, 0.15) is 17.8 Å². The normalized spacial score (nSPS) is 15.8. The number of aryl methyl sites for hydroxylation is 1. The fraction of sp³-hybridized carbons (Fsp3) is 0.261. The summed E-state index contributed by atoms with van der Waals surface area (Å²) < 4.78 is 43.9. The van der Waals surface area contributed by atoms with Crippen molar-refractivity contribution < 1.29 is 18.0 Å². The topological polar surface area (TPSA) is 67.2 Å². The fourth-order valence-corrected chi connectivity index (χ4v) is 3.68. The first-order valence-electron chi connectivity index (χ1n) is 10.1. The lowest BCUT2D eigenvalue weighted by Crippen LogP contribution is -2.32. The molecule has 1 aromatic heterocycles. The summed E-state index contributed by atoms with van der Waals surface area (Å²) >= 11 is 0. The van der Waals surface area contributed by atoms with Crippen molar-refractivity contribution in [3.05, 3.63) is 87.3 Å². The van der Waals surface area contributed by atoms with Crippen LogP contribution in [0.5, 0.6) is 0 Å². The zero-order valence-corrected chi connectivity index (χ0v) is 17.3. The zero-order valence-electron chi connectivity index (χ0n) is 17.3. The number of halogens is 3. The molecule has 3 aromatic rings. The molecule has 1 atom stereocenters. The molecule has 4 rings (SSSR count). The fourth-order valence-electron chi connectivity index (χ4n) is 3.68. The van der Waals surface area contributed by atoms with E-state index in [1.807, 2.05) is 6.07 Å². The summed E-state index contributed by atoms with van der Waals surface area (Å²) in [6.07, 6.45) is -0.715. The second-order valence-corrected chi connectivity index (χ2v) is 7.65. The van der Waals surface area contributed by atoms with Crippen LogP contribution in [0.3, 0.4) is 0 Å². The van der Waals surface area contributed by atoms with Gasteiger partial charge in [0, 0.05) is 42.6 Å². The number of amides is 1. The van der Waals surface area contributed by atoms with E-state index in [-0.39, 0.29) is 23.5 Å². The third-order valence-corrected chi connectivity index (χ3v) is 5.37. The molecule has 1 amide bonds. The van der Waals surface area contributed by atoms with E-state index in [9.17, 15) is 22.8 Å². The Morgan fingerprint density at radius 2 is 1.81 bits per heavy atom. The Hall–Kier alpha value is -3.62. The molecule has 0 bridgehead atoms. The maximum atomic E-state index is 14.5. The molecule has 32 heavy (non-hydrogen) atoms. The number of hydrogen-bond acceptors (Lipinski definition) is 4. The van der Waals surface area contributed by atoms with Crippen LogP contribution in [0.4, 0.5) is 18.9 Å². The van der Waals surface area contributed by atoms with Gasteiger partial charge in [-0.2, -0.15) is 5.10 Å². The quantitative estimate of drug-likeness (QED) is 0.659. The summed E-state index contributed by atoms with van der Waals surface area (Å²) in [5.41, 5.74) is 0.100. The van der Waals surface area contributed by atoms with E-state index in [4.69, 9.17) is 0 Å². The molecule has 0 saturated carbocycles. The van der Waals surface area contributed by atoms with Gasteiger partial charge in [-0.25, -0.2) is 17.9 Å². The highest BCUT2D eigenvalue weighted by atomic mass is 19.1. The van der Waals surface area contributed by atoms with Crippen LogP contribution in [0.15, 0.2) is 53.3 Å². The molecule has 1 fully saturated rings. The molecule has 166 valence electrons. The predicted molar refractivity (Wildman–Crippen MR) is 114 cm³/mol. The number of para-hydroxylation sites is 1. The second kappa shape index (κ2) is 8.86. The van der Waals surface area contributed by atoms with E-state index in [1.54, 1.807) is 36.1 Å². The van der Waals surface area contributed by atoms with Crippen LogP contribution in [0.25, 0.3) is 5.69 Å². The molecule has 2 heterocycles. The van der Waals surface area contributed by atoms with Gasteiger partial charge in [0.2, 0.25) is 5.43 Å². The lowest BCUT2D eigenvalue weighted by Gasteiger charge is -2.19. The van der Waals surface area contributed by atoms with Crippen LogP contribution in [-0.4, -0.2) is 34.9 Å². The monoisotopic (exact) mass is 442 g/mol. The molecule has 9 heteroatoms. The Kier molecular flexibility index (Phi) is 5.98. The average molecular weight is 442 g/mol. The van der Waals surface area contributed by atoms with Crippen molar-refractivity contribution in [2.75, 3.05) is 18.0 Å². The molecule has 1 aliphatic heterocycles. The molecule has 0 unspecified atom stereocenters. The van der Waals surface area contributed by atoms with Crippen LogP contribution in [0.2, 0.25) is 0 Å². The second-order valence-electron chi connectivity index (χ2n) is 7.65. The lowest BCUT2D eigenvalue weighted by molar-refractivity contribution is 0.0942. The molecular formula is C23H21F3N4O2. The van der Waals surface area contributed by atoms with Gasteiger partial charge in [0.05, 0.1) is 5.69 Å². The van der Waals surface area contributed by atoms with Gasteiger partial charge in [-0.05, 0) is 37.6 Å². The van der Waals surface area contributed by atoms with Gasteiger partial charge in [0.25, 0.3) is 5.91 Å². The number of carbonyl (C=O) groups is 1. The van der Waals surface area contributed by atoms with Crippen LogP contribution < -0.4 is 15.6 Å². The van der Waals surface area contributed by atoms with E-state index in [0.29, 0.717) is 24.3 Å². The molecular weight excluding hydrogens is 421 g/mol. The number of benzene rings is 2. The number of nitrogens with one attached hydrogen (secondary N) is 1. The van der Waals surface area contributed by atoms with Gasteiger partial charge < -0.3 is 10.2 Å².